The first-order chi connectivity index (χ1) is 9.12. The second-order valence-corrected chi connectivity index (χ2v) is 5.88. The average Bonchev–Trinajstić information content (AvgIpc) is 2.46. The normalized spacial score (nSPS) is 11.4. The molecule has 0 aromatic heterocycles. The summed E-state index contributed by atoms with van der Waals surface area (Å²) in [5.74, 6) is 0. The molecular weight excluding hydrogens is 262 g/mol. The first-order valence-corrected chi connectivity index (χ1v) is 7.33. The number of aliphatic hydroxyl groups excluding tert-OH is 1. The Hall–Kier alpha value is -1.69. The molecule has 0 saturated heterocycles. The SMILES string of the molecule is O=S(=O)(NCc1cccc(CO)c1)c1ccccc1. The summed E-state index contributed by atoms with van der Waals surface area (Å²) < 4.78 is 26.5. The summed E-state index contributed by atoms with van der Waals surface area (Å²) in [6.45, 7) is 0.143. The molecule has 0 radical (unpaired) electrons. The van der Waals surface area contributed by atoms with E-state index in [2.05, 4.69) is 4.72 Å². The molecule has 0 heterocycles. The van der Waals surface area contributed by atoms with Crippen molar-refractivity contribution in [3.63, 3.8) is 0 Å². The molecule has 0 aliphatic rings. The molecule has 0 unspecified atom stereocenters. The van der Waals surface area contributed by atoms with Gasteiger partial charge in [0.15, 0.2) is 0 Å². The molecule has 2 N–H and O–H groups in total. The Bertz CT molecular complexity index is 639. The maximum absolute atomic E-state index is 12.0. The predicted molar refractivity (Wildman–Crippen MR) is 72.8 cm³/mol. The van der Waals surface area contributed by atoms with Crippen LogP contribution in [-0.4, -0.2) is 13.5 Å². The molecule has 2 aromatic carbocycles. The minimum atomic E-state index is -3.49. The van der Waals surface area contributed by atoms with Gasteiger partial charge >= 0.3 is 0 Å². The van der Waals surface area contributed by atoms with Crippen LogP contribution in [0.15, 0.2) is 59.5 Å². The molecule has 0 saturated carbocycles. The highest BCUT2D eigenvalue weighted by atomic mass is 32.2. The van der Waals surface area contributed by atoms with Crippen LogP contribution in [0.5, 0.6) is 0 Å². The van der Waals surface area contributed by atoms with Crippen LogP contribution in [0.4, 0.5) is 0 Å². The van der Waals surface area contributed by atoms with Crippen LogP contribution in [-0.2, 0) is 23.2 Å². The van der Waals surface area contributed by atoms with Crippen molar-refractivity contribution in [2.24, 2.45) is 0 Å². The van der Waals surface area contributed by atoms with Crippen LogP contribution in [0.3, 0.4) is 0 Å². The van der Waals surface area contributed by atoms with E-state index in [4.69, 9.17) is 5.11 Å². The van der Waals surface area contributed by atoms with E-state index in [-0.39, 0.29) is 18.0 Å². The maximum Gasteiger partial charge on any atom is 0.240 e. The summed E-state index contributed by atoms with van der Waals surface area (Å²) >= 11 is 0. The van der Waals surface area contributed by atoms with Gasteiger partial charge in [-0.3, -0.25) is 0 Å². The Morgan fingerprint density at radius 3 is 2.32 bits per heavy atom. The molecule has 0 aliphatic heterocycles. The Kier molecular flexibility index (Phi) is 4.31. The molecule has 0 bridgehead atoms. The summed E-state index contributed by atoms with van der Waals surface area (Å²) in [6, 6.07) is 15.4. The molecule has 5 heteroatoms. The number of benzene rings is 2. The van der Waals surface area contributed by atoms with Crippen LogP contribution in [0, 0.1) is 0 Å². The lowest BCUT2D eigenvalue weighted by Crippen LogP contribution is -2.23. The smallest absolute Gasteiger partial charge is 0.240 e. The highest BCUT2D eigenvalue weighted by molar-refractivity contribution is 7.89. The first-order valence-electron chi connectivity index (χ1n) is 5.85. The number of hydrogen-bond acceptors (Lipinski definition) is 3. The van der Waals surface area contributed by atoms with E-state index >= 15 is 0 Å². The van der Waals surface area contributed by atoms with Crippen LogP contribution in [0.25, 0.3) is 0 Å². The van der Waals surface area contributed by atoms with Crippen molar-refractivity contribution < 1.29 is 13.5 Å². The molecule has 100 valence electrons. The summed E-state index contributed by atoms with van der Waals surface area (Å²) in [5, 5.41) is 9.03. The van der Waals surface area contributed by atoms with Gasteiger partial charge in [-0.05, 0) is 23.3 Å². The Morgan fingerprint density at radius 1 is 0.947 bits per heavy atom. The monoisotopic (exact) mass is 277 g/mol. The molecule has 0 amide bonds. The van der Waals surface area contributed by atoms with Gasteiger partial charge in [0.05, 0.1) is 11.5 Å². The van der Waals surface area contributed by atoms with Gasteiger partial charge < -0.3 is 5.11 Å². The maximum atomic E-state index is 12.0. The molecule has 2 aromatic rings. The van der Waals surface area contributed by atoms with Gasteiger partial charge in [0.1, 0.15) is 0 Å². The van der Waals surface area contributed by atoms with Gasteiger partial charge in [-0.2, -0.15) is 0 Å². The fourth-order valence-corrected chi connectivity index (χ4v) is 2.74. The standard InChI is InChI=1S/C14H15NO3S/c16-11-13-6-4-5-12(9-13)10-15-19(17,18)14-7-2-1-3-8-14/h1-9,15-16H,10-11H2. The summed E-state index contributed by atoms with van der Waals surface area (Å²) in [4.78, 5) is 0.244. The zero-order valence-electron chi connectivity index (χ0n) is 10.3. The highest BCUT2D eigenvalue weighted by Gasteiger charge is 2.12. The molecule has 0 aliphatic carbocycles. The quantitative estimate of drug-likeness (QED) is 0.873. The number of nitrogens with one attached hydrogen (secondary N) is 1. The fraction of sp³-hybridized carbons (Fsp3) is 0.143. The van der Waals surface area contributed by atoms with Crippen LogP contribution < -0.4 is 4.72 Å². The second-order valence-electron chi connectivity index (χ2n) is 4.12. The van der Waals surface area contributed by atoms with E-state index in [9.17, 15) is 8.42 Å². The van der Waals surface area contributed by atoms with Crippen molar-refractivity contribution in [2.45, 2.75) is 18.0 Å². The molecule has 19 heavy (non-hydrogen) atoms. The molecule has 4 nitrogen and oxygen atoms in total. The summed E-state index contributed by atoms with van der Waals surface area (Å²) in [6.07, 6.45) is 0. The lowest BCUT2D eigenvalue weighted by Gasteiger charge is -2.07. The minimum absolute atomic E-state index is 0.0563. The summed E-state index contributed by atoms with van der Waals surface area (Å²) in [5.41, 5.74) is 1.57. The van der Waals surface area contributed by atoms with E-state index in [1.807, 2.05) is 6.07 Å². The zero-order chi connectivity index (χ0) is 13.7. The van der Waals surface area contributed by atoms with Crippen molar-refractivity contribution in [1.29, 1.82) is 0 Å². The molecule has 0 fully saturated rings. The van der Waals surface area contributed by atoms with E-state index in [1.54, 1.807) is 48.5 Å². The van der Waals surface area contributed by atoms with E-state index in [0.29, 0.717) is 0 Å². The Labute approximate surface area is 112 Å². The fourth-order valence-electron chi connectivity index (χ4n) is 1.70. The minimum Gasteiger partial charge on any atom is -0.392 e. The largest absolute Gasteiger partial charge is 0.392 e. The number of rotatable bonds is 5. The molecular formula is C14H15NO3S. The Morgan fingerprint density at radius 2 is 1.63 bits per heavy atom. The van der Waals surface area contributed by atoms with Crippen molar-refractivity contribution >= 4 is 10.0 Å². The predicted octanol–water partition coefficient (Wildman–Crippen LogP) is 1.66. The van der Waals surface area contributed by atoms with E-state index in [1.165, 1.54) is 0 Å². The van der Waals surface area contributed by atoms with E-state index in [0.717, 1.165) is 11.1 Å². The Balaban J connectivity index is 2.10. The van der Waals surface area contributed by atoms with Crippen LogP contribution >= 0.6 is 0 Å². The third kappa shape index (κ3) is 3.64. The van der Waals surface area contributed by atoms with Crippen molar-refractivity contribution in [2.75, 3.05) is 0 Å². The van der Waals surface area contributed by atoms with Crippen LogP contribution in [0.2, 0.25) is 0 Å². The van der Waals surface area contributed by atoms with Gasteiger partial charge in [-0.25, -0.2) is 13.1 Å². The summed E-state index contributed by atoms with van der Waals surface area (Å²) in [7, 11) is -3.49. The molecule has 0 spiro atoms. The van der Waals surface area contributed by atoms with Crippen LogP contribution in [0.1, 0.15) is 11.1 Å². The van der Waals surface area contributed by atoms with Gasteiger partial charge in [0.25, 0.3) is 0 Å². The van der Waals surface area contributed by atoms with Crippen molar-refractivity contribution in [1.82, 2.24) is 4.72 Å². The van der Waals surface area contributed by atoms with E-state index < -0.39 is 10.0 Å². The second kappa shape index (κ2) is 5.97. The topological polar surface area (TPSA) is 66.4 Å². The van der Waals surface area contributed by atoms with Crippen molar-refractivity contribution in [3.05, 3.63) is 65.7 Å². The van der Waals surface area contributed by atoms with Gasteiger partial charge in [-0.15, -0.1) is 0 Å². The molecule has 2 rings (SSSR count). The number of sulfonamides is 1. The third-order valence-corrected chi connectivity index (χ3v) is 4.11. The molecule has 0 atom stereocenters. The number of aliphatic hydroxyl groups is 1. The lowest BCUT2D eigenvalue weighted by molar-refractivity contribution is 0.281. The third-order valence-electron chi connectivity index (χ3n) is 2.69. The van der Waals surface area contributed by atoms with Gasteiger partial charge in [0, 0.05) is 6.54 Å². The van der Waals surface area contributed by atoms with Crippen molar-refractivity contribution in [3.8, 4) is 0 Å². The zero-order valence-corrected chi connectivity index (χ0v) is 11.1. The lowest BCUT2D eigenvalue weighted by atomic mass is 10.1. The average molecular weight is 277 g/mol. The first kappa shape index (κ1) is 13.7. The number of hydrogen-bond donors (Lipinski definition) is 2. The van der Waals surface area contributed by atoms with Gasteiger partial charge in [0.2, 0.25) is 10.0 Å². The van der Waals surface area contributed by atoms with Gasteiger partial charge in [-0.1, -0.05) is 42.5 Å². The highest BCUT2D eigenvalue weighted by Crippen LogP contribution is 2.10.